The molecule has 3 heterocycles. The van der Waals surface area contributed by atoms with Crippen LogP contribution in [0.25, 0.3) is 10.2 Å². The van der Waals surface area contributed by atoms with E-state index in [1.54, 1.807) is 23.2 Å². The maximum Gasteiger partial charge on any atom is 0.260 e. The number of rotatable bonds is 6. The second kappa shape index (κ2) is 10.5. The molecule has 7 nitrogen and oxygen atoms in total. The van der Waals surface area contributed by atoms with E-state index in [9.17, 15) is 13.2 Å². The second-order valence-corrected chi connectivity index (χ2v) is 12.8. The number of carbonyl (C=O) groups is 1. The number of aromatic nitrogens is 2. The summed E-state index contributed by atoms with van der Waals surface area (Å²) in [6, 6.07) is 15.4. The number of hydrogen-bond acceptors (Lipinski definition) is 6. The molecule has 2 aromatic carbocycles. The number of halogens is 1. The highest BCUT2D eigenvalue weighted by atomic mass is 35.5. The lowest BCUT2D eigenvalue weighted by Gasteiger charge is -2.29. The van der Waals surface area contributed by atoms with E-state index in [0.29, 0.717) is 40.4 Å². The first-order chi connectivity index (χ1) is 17.7. The van der Waals surface area contributed by atoms with Gasteiger partial charge in [0.05, 0.1) is 27.4 Å². The fraction of sp³-hybridized carbons (Fsp3) is 0.296. The van der Waals surface area contributed by atoms with E-state index in [4.69, 9.17) is 16.6 Å². The molecule has 1 aliphatic rings. The molecule has 0 aliphatic carbocycles. The summed E-state index contributed by atoms with van der Waals surface area (Å²) >= 11 is 7.63. The SMILES string of the molecule is Cc1cc(Cl)cc2sc(N(Cc3ccccn3)C(=O)c3ccc(S(=O)(=O)N4CCC(C)CC4)cc3)nc12. The van der Waals surface area contributed by atoms with Gasteiger partial charge in [0.2, 0.25) is 10.0 Å². The number of piperidine rings is 1. The summed E-state index contributed by atoms with van der Waals surface area (Å²) in [7, 11) is -3.60. The molecular formula is C27H27ClN4O3S2. The lowest BCUT2D eigenvalue weighted by molar-refractivity contribution is 0.0984. The normalized spacial score (nSPS) is 15.2. The third-order valence-electron chi connectivity index (χ3n) is 6.64. The van der Waals surface area contributed by atoms with Crippen LogP contribution in [0.1, 0.15) is 41.4 Å². The molecule has 1 aliphatic heterocycles. The number of anilines is 1. The van der Waals surface area contributed by atoms with Crippen LogP contribution in [0.15, 0.2) is 65.7 Å². The van der Waals surface area contributed by atoms with Crippen LogP contribution in [0.5, 0.6) is 0 Å². The molecule has 37 heavy (non-hydrogen) atoms. The smallest absolute Gasteiger partial charge is 0.260 e. The number of aryl methyl sites for hydroxylation is 1. The zero-order valence-corrected chi connectivity index (χ0v) is 23.0. The van der Waals surface area contributed by atoms with E-state index in [0.717, 1.165) is 28.6 Å². The van der Waals surface area contributed by atoms with E-state index >= 15 is 0 Å². The van der Waals surface area contributed by atoms with Gasteiger partial charge in [0.1, 0.15) is 0 Å². The Bertz CT molecular complexity index is 1530. The summed E-state index contributed by atoms with van der Waals surface area (Å²) in [6.07, 6.45) is 3.39. The molecule has 4 aromatic rings. The Labute approximate surface area is 225 Å². The van der Waals surface area contributed by atoms with Crippen molar-refractivity contribution >= 4 is 54.2 Å². The fourth-order valence-corrected chi connectivity index (χ4v) is 7.33. The van der Waals surface area contributed by atoms with Gasteiger partial charge >= 0.3 is 0 Å². The largest absolute Gasteiger partial charge is 0.278 e. The van der Waals surface area contributed by atoms with E-state index in [2.05, 4.69) is 11.9 Å². The van der Waals surface area contributed by atoms with Gasteiger partial charge in [-0.05, 0) is 79.8 Å². The van der Waals surface area contributed by atoms with Crippen molar-refractivity contribution < 1.29 is 13.2 Å². The van der Waals surface area contributed by atoms with E-state index in [1.165, 1.54) is 27.8 Å². The molecule has 10 heteroatoms. The van der Waals surface area contributed by atoms with Crippen LogP contribution in [0.2, 0.25) is 5.02 Å². The topological polar surface area (TPSA) is 83.5 Å². The highest BCUT2D eigenvalue weighted by molar-refractivity contribution is 7.89. The number of amides is 1. The van der Waals surface area contributed by atoms with Crippen molar-refractivity contribution in [2.45, 2.75) is 38.1 Å². The highest BCUT2D eigenvalue weighted by Gasteiger charge is 2.29. The zero-order chi connectivity index (χ0) is 26.2. The number of pyridine rings is 1. The Morgan fingerprint density at radius 2 is 1.86 bits per heavy atom. The molecule has 0 spiro atoms. The number of sulfonamides is 1. The van der Waals surface area contributed by atoms with Crippen molar-refractivity contribution in [1.29, 1.82) is 0 Å². The van der Waals surface area contributed by atoms with Crippen molar-refractivity contribution in [1.82, 2.24) is 14.3 Å². The molecule has 0 atom stereocenters. The van der Waals surface area contributed by atoms with Crippen LogP contribution in [0.4, 0.5) is 5.13 Å². The Hall–Kier alpha value is -2.85. The lowest BCUT2D eigenvalue weighted by atomic mass is 10.0. The third-order valence-corrected chi connectivity index (χ3v) is 9.80. The minimum absolute atomic E-state index is 0.195. The van der Waals surface area contributed by atoms with Crippen molar-refractivity contribution in [3.05, 3.63) is 82.6 Å². The van der Waals surface area contributed by atoms with E-state index in [-0.39, 0.29) is 17.3 Å². The van der Waals surface area contributed by atoms with Gasteiger partial charge in [0.25, 0.3) is 5.91 Å². The maximum atomic E-state index is 13.8. The van der Waals surface area contributed by atoms with Crippen LogP contribution in [0.3, 0.4) is 0 Å². The van der Waals surface area contributed by atoms with Gasteiger partial charge in [0.15, 0.2) is 5.13 Å². The van der Waals surface area contributed by atoms with Crippen LogP contribution in [0, 0.1) is 12.8 Å². The van der Waals surface area contributed by atoms with Gasteiger partial charge in [-0.1, -0.05) is 35.9 Å². The molecule has 0 bridgehead atoms. The van der Waals surface area contributed by atoms with Crippen LogP contribution >= 0.6 is 22.9 Å². The van der Waals surface area contributed by atoms with E-state index < -0.39 is 10.0 Å². The average molecular weight is 555 g/mol. The van der Waals surface area contributed by atoms with Crippen molar-refractivity contribution in [3.63, 3.8) is 0 Å². The Kier molecular flexibility index (Phi) is 7.31. The van der Waals surface area contributed by atoms with Crippen molar-refractivity contribution in [2.24, 2.45) is 5.92 Å². The molecule has 192 valence electrons. The molecule has 1 amide bonds. The summed E-state index contributed by atoms with van der Waals surface area (Å²) in [5, 5.41) is 1.14. The van der Waals surface area contributed by atoms with Gasteiger partial charge in [-0.25, -0.2) is 13.4 Å². The fourth-order valence-electron chi connectivity index (χ4n) is 4.44. The predicted molar refractivity (Wildman–Crippen MR) is 148 cm³/mol. The predicted octanol–water partition coefficient (Wildman–Crippen LogP) is 5.92. The number of hydrogen-bond donors (Lipinski definition) is 0. The summed E-state index contributed by atoms with van der Waals surface area (Å²) in [5.74, 6) is 0.239. The molecular weight excluding hydrogens is 528 g/mol. The van der Waals surface area contributed by atoms with Crippen molar-refractivity contribution in [3.8, 4) is 0 Å². The van der Waals surface area contributed by atoms with Gasteiger partial charge in [-0.15, -0.1) is 0 Å². The van der Waals surface area contributed by atoms with Crippen molar-refractivity contribution in [2.75, 3.05) is 18.0 Å². The molecule has 1 fully saturated rings. The summed E-state index contributed by atoms with van der Waals surface area (Å²) in [5.41, 5.74) is 2.80. The maximum absolute atomic E-state index is 13.8. The summed E-state index contributed by atoms with van der Waals surface area (Å²) < 4.78 is 28.7. The Morgan fingerprint density at radius 1 is 1.14 bits per heavy atom. The first kappa shape index (κ1) is 25.8. The molecule has 2 aromatic heterocycles. The minimum atomic E-state index is -3.60. The second-order valence-electron chi connectivity index (χ2n) is 9.39. The number of carbonyl (C=O) groups excluding carboxylic acids is 1. The van der Waals surface area contributed by atoms with Gasteiger partial charge < -0.3 is 0 Å². The Morgan fingerprint density at radius 3 is 2.54 bits per heavy atom. The standard InChI is InChI=1S/C27H27ClN4O3S2/c1-18-10-13-31(14-11-18)37(34,35)23-8-6-20(7-9-23)26(33)32(17-22-5-3-4-12-29-22)27-30-25-19(2)15-21(28)16-24(25)36-27/h3-9,12,15-16,18H,10-11,13-14,17H2,1-2H3. The monoisotopic (exact) mass is 554 g/mol. The first-order valence-corrected chi connectivity index (χ1v) is 14.7. The number of nitrogens with zero attached hydrogens (tertiary/aromatic N) is 4. The summed E-state index contributed by atoms with van der Waals surface area (Å²) in [4.78, 5) is 24.7. The number of thiazole rings is 1. The number of fused-ring (bicyclic) bond motifs is 1. The average Bonchev–Trinajstić information content (AvgIpc) is 3.32. The summed E-state index contributed by atoms with van der Waals surface area (Å²) in [6.45, 7) is 5.33. The minimum Gasteiger partial charge on any atom is -0.278 e. The van der Waals surface area contributed by atoms with Gasteiger partial charge in [0, 0.05) is 29.9 Å². The van der Waals surface area contributed by atoms with E-state index in [1.807, 2.05) is 37.3 Å². The molecule has 0 saturated carbocycles. The molecule has 0 unspecified atom stereocenters. The van der Waals surface area contributed by atoms with Crippen LogP contribution in [-0.2, 0) is 16.6 Å². The van der Waals surface area contributed by atoms with Gasteiger partial charge in [-0.2, -0.15) is 4.31 Å². The quantitative estimate of drug-likeness (QED) is 0.295. The lowest BCUT2D eigenvalue weighted by Crippen LogP contribution is -2.37. The van der Waals surface area contributed by atoms with Crippen LogP contribution in [-0.4, -0.2) is 41.7 Å². The molecule has 0 radical (unpaired) electrons. The third kappa shape index (κ3) is 5.40. The van der Waals surface area contributed by atoms with Gasteiger partial charge in [-0.3, -0.25) is 14.7 Å². The molecule has 0 N–H and O–H groups in total. The first-order valence-electron chi connectivity index (χ1n) is 12.1. The molecule has 1 saturated heterocycles. The zero-order valence-electron chi connectivity index (χ0n) is 20.6. The molecule has 5 rings (SSSR count). The van der Waals surface area contributed by atoms with Crippen LogP contribution < -0.4 is 4.90 Å². The number of benzene rings is 2. The Balaban J connectivity index is 1.47. The highest BCUT2D eigenvalue weighted by Crippen LogP contribution is 2.34.